The summed E-state index contributed by atoms with van der Waals surface area (Å²) in [5.74, 6) is -1.55. The Morgan fingerprint density at radius 1 is 0.750 bits per heavy atom. The first kappa shape index (κ1) is 53.7. The molecule has 26 nitrogen and oxygen atoms in total. The monoisotopic (exact) mass is 988 g/mol. The number of carbonyl (C=O) groups is 4. The molecule has 2 saturated heterocycles. The van der Waals surface area contributed by atoms with E-state index in [9.17, 15) is 38.5 Å². The number of anilines is 2. The lowest BCUT2D eigenvalue weighted by Gasteiger charge is -2.31. The van der Waals surface area contributed by atoms with Gasteiger partial charge in [-0.05, 0) is 67.4 Å². The van der Waals surface area contributed by atoms with Crippen LogP contribution in [0.2, 0.25) is 0 Å². The van der Waals surface area contributed by atoms with Gasteiger partial charge in [-0.3, -0.25) is 37.4 Å². The Hall–Kier alpha value is -5.26. The summed E-state index contributed by atoms with van der Waals surface area (Å²) >= 11 is 0. The van der Waals surface area contributed by atoms with E-state index >= 15 is 0 Å². The van der Waals surface area contributed by atoms with Crippen molar-refractivity contribution < 1.29 is 57.5 Å². The van der Waals surface area contributed by atoms with Crippen LogP contribution in [0.3, 0.4) is 0 Å². The molecule has 2 aliphatic rings. The Labute approximate surface area is 391 Å². The van der Waals surface area contributed by atoms with Crippen LogP contribution in [0.1, 0.15) is 80.7 Å². The van der Waals surface area contributed by atoms with Gasteiger partial charge in [-0.1, -0.05) is 6.58 Å². The normalized spacial score (nSPS) is 24.7. The predicted molar refractivity (Wildman–Crippen MR) is 246 cm³/mol. The fourth-order valence-corrected chi connectivity index (χ4v) is 11.2. The van der Waals surface area contributed by atoms with E-state index in [4.69, 9.17) is 36.8 Å². The van der Waals surface area contributed by atoms with Crippen LogP contribution in [0, 0.1) is 12.3 Å². The van der Waals surface area contributed by atoms with Gasteiger partial charge in [-0.2, -0.15) is 0 Å². The molecule has 68 heavy (non-hydrogen) atoms. The number of nitrogen functional groups attached to an aromatic ring is 2. The highest BCUT2D eigenvalue weighted by atomic mass is 31.2. The molecule has 4 aromatic rings. The van der Waals surface area contributed by atoms with Gasteiger partial charge in [0.05, 0.1) is 36.8 Å². The second kappa shape index (κ2) is 21.6. The lowest BCUT2D eigenvalue weighted by Crippen LogP contribution is -2.42. The van der Waals surface area contributed by atoms with Gasteiger partial charge in [-0.25, -0.2) is 50.3 Å². The van der Waals surface area contributed by atoms with E-state index in [0.717, 1.165) is 0 Å². The number of aliphatic hydroxyl groups excluding tert-OH is 2. The minimum atomic E-state index is -3.67. The topological polar surface area (TPSA) is 367 Å². The number of nitrogens with zero attached hydrogens (tertiary/aromatic N) is 8. The SMILES string of the molecule is C#C[C@@]1(OCP(=O)(N[C@@H](C)C(C)=O)N[C@@H](C)C(C)=O)C[C@@H](O)[C@H](n2cnc3c(N)ncnc32)O1.C=C[C@@]1(OCP(=O)(N[C@@H](C)C(C)=O)N[C@@H](C)C(C)=O)C[C@@H](O)[C@H](n2cnc3c(N)ncnc32)O1. The molecule has 0 aromatic carbocycles. The number of ketones is 4. The van der Waals surface area contributed by atoms with E-state index in [1.54, 1.807) is 13.8 Å². The summed E-state index contributed by atoms with van der Waals surface area (Å²) in [6.07, 6.45) is 7.04. The van der Waals surface area contributed by atoms with Crippen LogP contribution in [0.5, 0.6) is 0 Å². The van der Waals surface area contributed by atoms with Crippen molar-refractivity contribution in [2.75, 3.05) is 24.2 Å². The van der Waals surface area contributed by atoms with Crippen molar-refractivity contribution in [3.05, 3.63) is 38.0 Å². The summed E-state index contributed by atoms with van der Waals surface area (Å²) in [5, 5.41) is 32.4. The van der Waals surface area contributed by atoms with Gasteiger partial charge >= 0.3 is 0 Å². The Balaban J connectivity index is 0.000000254. The zero-order valence-electron chi connectivity index (χ0n) is 38.7. The van der Waals surface area contributed by atoms with E-state index < -0.39 is 88.0 Å². The highest BCUT2D eigenvalue weighted by molar-refractivity contribution is 7.60. The quantitative estimate of drug-likeness (QED) is 0.0330. The number of Topliss-reactive ketones (excluding diaryl/α,β-unsaturated/α-hetero) is 4. The number of terminal acetylenes is 1. The Kier molecular flexibility index (Phi) is 17.0. The summed E-state index contributed by atoms with van der Waals surface area (Å²) in [5.41, 5.74) is 13.0. The molecular formula is C40H58N14O12P2. The maximum atomic E-state index is 13.6. The molecule has 10 N–H and O–H groups in total. The number of hydrogen-bond donors (Lipinski definition) is 8. The number of rotatable bonds is 21. The summed E-state index contributed by atoms with van der Waals surface area (Å²) in [6, 6.07) is -3.08. The van der Waals surface area contributed by atoms with Crippen LogP contribution >= 0.6 is 14.9 Å². The first-order valence-electron chi connectivity index (χ1n) is 21.1. The molecule has 2 aliphatic heterocycles. The number of nitrogens with two attached hydrogens (primary N) is 2. The highest BCUT2D eigenvalue weighted by Crippen LogP contribution is 2.46. The zero-order valence-corrected chi connectivity index (χ0v) is 40.5. The Morgan fingerprint density at radius 2 is 1.13 bits per heavy atom. The average molecular weight is 989 g/mol. The standard InChI is InChI=1S/C20H30N7O6P.C20H28N7O6P/c2*1-6-20(32-10-34(31,25-11(2)13(4)28)26-12(3)14(5)29)7-15(30)19(33-20)27-9-24-16-17(21)22-8-23-18(16)27/h6,8-9,11-12,15,19,30H,1,7,10H2,2-5H3,(H2,21,22,23)(H2,25,26,31);1,8-9,11-12,15,19,30H,7,10H2,2-5H3,(H2,21,22,23)(H2,25,26,31)/t2*11-,12-,15+,19+,20-/m00/s1. The smallest absolute Gasteiger partial charge is 0.238 e. The molecule has 6 heterocycles. The minimum Gasteiger partial charge on any atom is -0.388 e. The third-order valence-electron chi connectivity index (χ3n) is 11.1. The molecule has 28 heteroatoms. The molecule has 10 atom stereocenters. The molecule has 0 unspecified atom stereocenters. The number of aromatic nitrogens is 8. The first-order valence-corrected chi connectivity index (χ1v) is 24.9. The molecule has 2 fully saturated rings. The van der Waals surface area contributed by atoms with Gasteiger partial charge in [0, 0.05) is 12.8 Å². The summed E-state index contributed by atoms with van der Waals surface area (Å²) in [7, 11) is -7.29. The van der Waals surface area contributed by atoms with Crippen LogP contribution in [0.4, 0.5) is 11.6 Å². The predicted octanol–water partition coefficient (Wildman–Crippen LogP) is 1.19. The van der Waals surface area contributed by atoms with Crippen molar-refractivity contribution in [2.45, 2.75) is 129 Å². The lowest BCUT2D eigenvalue weighted by molar-refractivity contribution is -0.199. The van der Waals surface area contributed by atoms with Crippen molar-refractivity contribution in [2.24, 2.45) is 0 Å². The zero-order chi connectivity index (χ0) is 50.5. The molecule has 370 valence electrons. The third-order valence-corrected chi connectivity index (χ3v) is 15.3. The molecule has 6 rings (SSSR count). The van der Waals surface area contributed by atoms with Gasteiger partial charge in [0.2, 0.25) is 20.7 Å². The van der Waals surface area contributed by atoms with Crippen LogP contribution < -0.4 is 31.8 Å². The van der Waals surface area contributed by atoms with E-state index in [2.05, 4.69) is 62.8 Å². The van der Waals surface area contributed by atoms with Crippen molar-refractivity contribution >= 4 is 72.0 Å². The number of nitrogens with one attached hydrogen (secondary N) is 4. The second-order valence-corrected chi connectivity index (χ2v) is 21.0. The van der Waals surface area contributed by atoms with E-state index in [1.807, 2.05) is 0 Å². The van der Waals surface area contributed by atoms with Gasteiger partial charge in [0.15, 0.2) is 41.2 Å². The Bertz CT molecular complexity index is 2630. The maximum absolute atomic E-state index is 13.6. The molecule has 0 spiro atoms. The van der Waals surface area contributed by atoms with Crippen LogP contribution in [0.15, 0.2) is 38.0 Å². The largest absolute Gasteiger partial charge is 0.388 e. The molecule has 4 aromatic heterocycles. The number of imidazole rings is 2. The second-order valence-electron chi connectivity index (χ2n) is 16.5. The van der Waals surface area contributed by atoms with Gasteiger partial charge < -0.3 is 40.6 Å². The van der Waals surface area contributed by atoms with Crippen LogP contribution in [-0.2, 0) is 47.3 Å². The van der Waals surface area contributed by atoms with Crippen molar-refractivity contribution in [1.82, 2.24) is 59.4 Å². The number of ether oxygens (including phenoxy) is 4. The molecule has 0 radical (unpaired) electrons. The minimum absolute atomic E-state index is 0.0358. The van der Waals surface area contributed by atoms with Gasteiger partial charge in [0.1, 0.15) is 71.7 Å². The molecule has 0 saturated carbocycles. The number of fused-ring (bicyclic) bond motifs is 2. The third kappa shape index (κ3) is 12.3. The molecule has 0 bridgehead atoms. The fourth-order valence-electron chi connectivity index (χ4n) is 6.76. The maximum Gasteiger partial charge on any atom is 0.238 e. The summed E-state index contributed by atoms with van der Waals surface area (Å²) in [4.78, 5) is 71.4. The number of carbonyl (C=O) groups excluding carboxylic acids is 4. The van der Waals surface area contributed by atoms with Crippen molar-refractivity contribution in [1.29, 1.82) is 0 Å². The molecular weight excluding hydrogens is 930 g/mol. The van der Waals surface area contributed by atoms with Crippen molar-refractivity contribution in [3.63, 3.8) is 0 Å². The summed E-state index contributed by atoms with van der Waals surface area (Å²) < 4.78 is 53.7. The lowest BCUT2D eigenvalue weighted by atomic mass is 10.1. The molecule has 0 aliphatic carbocycles. The molecule has 0 amide bonds. The van der Waals surface area contributed by atoms with Crippen LogP contribution in [0.25, 0.3) is 22.3 Å². The van der Waals surface area contributed by atoms with E-state index in [0.29, 0.717) is 22.3 Å². The van der Waals surface area contributed by atoms with E-state index in [-0.39, 0.29) is 47.6 Å². The van der Waals surface area contributed by atoms with Gasteiger partial charge in [-0.15, -0.1) is 6.42 Å². The summed E-state index contributed by atoms with van der Waals surface area (Å²) in [6.45, 7) is 15.3. The van der Waals surface area contributed by atoms with Crippen LogP contribution in [-0.4, -0.2) is 133 Å². The number of hydrogen-bond acceptors (Lipinski definition) is 20. The fraction of sp³-hybridized carbons (Fsp3) is 0.550. The highest BCUT2D eigenvalue weighted by Gasteiger charge is 2.50. The van der Waals surface area contributed by atoms with Crippen molar-refractivity contribution in [3.8, 4) is 12.3 Å². The number of aliphatic hydroxyl groups is 2. The van der Waals surface area contributed by atoms with Gasteiger partial charge in [0.25, 0.3) is 0 Å². The average Bonchev–Trinajstić information content (AvgIpc) is 4.06. The van der Waals surface area contributed by atoms with E-state index in [1.165, 1.54) is 82.1 Å². The Morgan fingerprint density at radius 3 is 1.51 bits per heavy atom. The first-order chi connectivity index (χ1) is 31.8.